The smallest absolute Gasteiger partial charge is 0.229 e. The molecule has 3 aromatic rings. The van der Waals surface area contributed by atoms with Gasteiger partial charge >= 0.3 is 0 Å². The van der Waals surface area contributed by atoms with Crippen LogP contribution in [0.5, 0.6) is 5.75 Å². The van der Waals surface area contributed by atoms with E-state index >= 15 is 0 Å². The molecule has 2 atom stereocenters. The van der Waals surface area contributed by atoms with Gasteiger partial charge in [0.05, 0.1) is 30.5 Å². The van der Waals surface area contributed by atoms with Crippen LogP contribution in [0.3, 0.4) is 0 Å². The van der Waals surface area contributed by atoms with Gasteiger partial charge in [0.2, 0.25) is 15.9 Å². The number of aliphatic hydroxyl groups excluding tert-OH is 1. The molecule has 5 N–H and O–H groups in total. The van der Waals surface area contributed by atoms with Crippen LogP contribution in [0.25, 0.3) is 0 Å². The van der Waals surface area contributed by atoms with Crippen LogP contribution in [0, 0.1) is 0 Å². The molecule has 0 heterocycles. The standard InChI is InChI=1S/C32H43N3O5S/c1-5-6-15-27(25-13-8-7-9-14-25)34-31(38)19-23-11-10-12-24(18-23)21-32(2,3)33-22-30(37)26-16-17-29(36)28(20-26)35-41(4,39)40/h7-14,16-18,20,27,30,33,35-37H,5-6,15,19,21-22H2,1-4H3,(H,34,38)/t27?,30-/m0/s1. The van der Waals surface area contributed by atoms with Crippen LogP contribution in [-0.2, 0) is 27.7 Å². The van der Waals surface area contributed by atoms with Crippen LogP contribution in [0.4, 0.5) is 5.69 Å². The topological polar surface area (TPSA) is 128 Å². The maximum absolute atomic E-state index is 13.0. The van der Waals surface area contributed by atoms with Crippen molar-refractivity contribution in [2.24, 2.45) is 0 Å². The van der Waals surface area contributed by atoms with Gasteiger partial charge in [0.1, 0.15) is 5.75 Å². The number of rotatable bonds is 15. The summed E-state index contributed by atoms with van der Waals surface area (Å²) in [5.74, 6) is -0.226. The maximum atomic E-state index is 13.0. The van der Waals surface area contributed by atoms with Crippen LogP contribution in [0.2, 0.25) is 0 Å². The molecule has 1 amide bonds. The van der Waals surface area contributed by atoms with Crippen molar-refractivity contribution in [3.63, 3.8) is 0 Å². The molecule has 1 unspecified atom stereocenters. The molecule has 0 aliphatic heterocycles. The molecular weight excluding hydrogens is 538 g/mol. The van der Waals surface area contributed by atoms with E-state index in [0.29, 0.717) is 18.4 Å². The van der Waals surface area contributed by atoms with Gasteiger partial charge in [0.25, 0.3) is 0 Å². The Kier molecular flexibility index (Phi) is 11.3. The Morgan fingerprint density at radius 3 is 2.34 bits per heavy atom. The number of carbonyl (C=O) groups excluding carboxylic acids is 1. The highest BCUT2D eigenvalue weighted by molar-refractivity contribution is 7.92. The number of sulfonamides is 1. The summed E-state index contributed by atoms with van der Waals surface area (Å²) in [6, 6.07) is 22.4. The number of β-amino-alcohol motifs (C(OH)–C–C–N with tert-alkyl or cyclic N) is 1. The highest BCUT2D eigenvalue weighted by Gasteiger charge is 2.21. The molecule has 8 nitrogen and oxygen atoms in total. The summed E-state index contributed by atoms with van der Waals surface area (Å²) in [5, 5.41) is 27.3. The molecule has 0 spiro atoms. The van der Waals surface area contributed by atoms with Crippen molar-refractivity contribution in [3.8, 4) is 5.75 Å². The summed E-state index contributed by atoms with van der Waals surface area (Å²) < 4.78 is 25.4. The molecule has 0 aliphatic rings. The summed E-state index contributed by atoms with van der Waals surface area (Å²) in [4.78, 5) is 13.0. The lowest BCUT2D eigenvalue weighted by Crippen LogP contribution is -2.43. The highest BCUT2D eigenvalue weighted by Crippen LogP contribution is 2.28. The van der Waals surface area contributed by atoms with Crippen molar-refractivity contribution >= 4 is 21.6 Å². The molecule has 0 aliphatic carbocycles. The first-order valence-electron chi connectivity index (χ1n) is 14.0. The average Bonchev–Trinajstić information content (AvgIpc) is 2.90. The molecule has 41 heavy (non-hydrogen) atoms. The van der Waals surface area contributed by atoms with Gasteiger partial charge in [0.15, 0.2) is 0 Å². The fourth-order valence-electron chi connectivity index (χ4n) is 4.80. The number of amides is 1. The molecule has 0 fully saturated rings. The lowest BCUT2D eigenvalue weighted by molar-refractivity contribution is -0.121. The molecule has 9 heteroatoms. The van der Waals surface area contributed by atoms with Gasteiger partial charge in [-0.15, -0.1) is 0 Å². The van der Waals surface area contributed by atoms with Crippen molar-refractivity contribution in [1.82, 2.24) is 10.6 Å². The zero-order chi connectivity index (χ0) is 30.0. The van der Waals surface area contributed by atoms with Crippen molar-refractivity contribution in [2.45, 2.75) is 70.6 Å². The van der Waals surface area contributed by atoms with E-state index in [1.165, 1.54) is 12.1 Å². The molecule has 0 bridgehead atoms. The minimum absolute atomic E-state index is 0.00629. The Morgan fingerprint density at radius 1 is 0.951 bits per heavy atom. The Bertz CT molecular complexity index is 1390. The minimum atomic E-state index is -3.58. The van der Waals surface area contributed by atoms with Crippen LogP contribution < -0.4 is 15.4 Å². The third-order valence-corrected chi connectivity index (χ3v) is 7.45. The Morgan fingerprint density at radius 2 is 1.66 bits per heavy atom. The van der Waals surface area contributed by atoms with E-state index < -0.39 is 16.1 Å². The van der Waals surface area contributed by atoms with E-state index in [2.05, 4.69) is 34.4 Å². The van der Waals surface area contributed by atoms with E-state index in [1.54, 1.807) is 6.07 Å². The first-order valence-corrected chi connectivity index (χ1v) is 15.9. The zero-order valence-electron chi connectivity index (χ0n) is 24.4. The van der Waals surface area contributed by atoms with E-state index in [-0.39, 0.29) is 35.5 Å². The second-order valence-electron chi connectivity index (χ2n) is 11.3. The number of anilines is 1. The highest BCUT2D eigenvalue weighted by atomic mass is 32.2. The van der Waals surface area contributed by atoms with Crippen molar-refractivity contribution < 1.29 is 23.4 Å². The number of unbranched alkanes of at least 4 members (excludes halogenated alkanes) is 1. The zero-order valence-corrected chi connectivity index (χ0v) is 25.2. The molecule has 0 saturated heterocycles. The summed E-state index contributed by atoms with van der Waals surface area (Å²) in [5.41, 5.74) is 3.23. The lowest BCUT2D eigenvalue weighted by atomic mass is 9.93. The molecule has 3 rings (SSSR count). The Balaban J connectivity index is 1.59. The van der Waals surface area contributed by atoms with Crippen LogP contribution >= 0.6 is 0 Å². The summed E-state index contributed by atoms with van der Waals surface area (Å²) >= 11 is 0. The van der Waals surface area contributed by atoms with Crippen LogP contribution in [0.15, 0.2) is 72.8 Å². The number of phenols is 1. The largest absolute Gasteiger partial charge is 0.506 e. The number of hydrogen-bond acceptors (Lipinski definition) is 6. The fourth-order valence-corrected chi connectivity index (χ4v) is 5.37. The van der Waals surface area contributed by atoms with Crippen molar-refractivity contribution in [2.75, 3.05) is 17.5 Å². The monoisotopic (exact) mass is 581 g/mol. The summed E-state index contributed by atoms with van der Waals surface area (Å²) in [6.07, 6.45) is 4.04. The number of aliphatic hydroxyl groups is 1. The third kappa shape index (κ3) is 10.8. The van der Waals surface area contributed by atoms with E-state index in [0.717, 1.165) is 42.2 Å². The molecule has 0 radical (unpaired) electrons. The number of hydrogen-bond donors (Lipinski definition) is 5. The Labute approximate surface area is 244 Å². The SMILES string of the molecule is CCCCC(NC(=O)Cc1cccc(CC(C)(C)NC[C@H](O)c2ccc(O)c(NS(C)(=O)=O)c2)c1)c1ccccc1. The van der Waals surface area contributed by atoms with Gasteiger partial charge in [-0.05, 0) is 61.1 Å². The first-order chi connectivity index (χ1) is 19.3. The molecular formula is C32H43N3O5S. The fraction of sp³-hybridized carbons (Fsp3) is 0.406. The second-order valence-corrected chi connectivity index (χ2v) is 13.0. The predicted octanol–water partition coefficient (Wildman–Crippen LogP) is 5.00. The van der Waals surface area contributed by atoms with Gasteiger partial charge in [-0.3, -0.25) is 9.52 Å². The van der Waals surface area contributed by atoms with E-state index in [1.807, 2.05) is 56.3 Å². The number of carbonyl (C=O) groups is 1. The number of phenolic OH excluding ortho intramolecular Hbond substituents is 1. The van der Waals surface area contributed by atoms with Crippen molar-refractivity contribution in [1.29, 1.82) is 0 Å². The first kappa shape index (κ1) is 32.1. The molecule has 3 aromatic carbocycles. The van der Waals surface area contributed by atoms with E-state index in [9.17, 15) is 23.4 Å². The van der Waals surface area contributed by atoms with Gasteiger partial charge < -0.3 is 20.8 Å². The number of benzene rings is 3. The predicted molar refractivity (Wildman–Crippen MR) is 164 cm³/mol. The maximum Gasteiger partial charge on any atom is 0.229 e. The average molecular weight is 582 g/mol. The second kappa shape index (κ2) is 14.5. The summed E-state index contributed by atoms with van der Waals surface area (Å²) in [6.45, 7) is 6.43. The number of nitrogens with one attached hydrogen (secondary N) is 3. The summed E-state index contributed by atoms with van der Waals surface area (Å²) in [7, 11) is -3.58. The van der Waals surface area contributed by atoms with Gasteiger partial charge in [-0.2, -0.15) is 0 Å². The Hall–Kier alpha value is -3.40. The number of aromatic hydroxyl groups is 1. The van der Waals surface area contributed by atoms with E-state index in [4.69, 9.17) is 0 Å². The van der Waals surface area contributed by atoms with Crippen LogP contribution in [0.1, 0.15) is 74.4 Å². The molecule has 0 saturated carbocycles. The quantitative estimate of drug-likeness (QED) is 0.161. The van der Waals surface area contributed by atoms with Gasteiger partial charge in [-0.25, -0.2) is 8.42 Å². The lowest BCUT2D eigenvalue weighted by Gasteiger charge is -2.28. The van der Waals surface area contributed by atoms with Gasteiger partial charge in [-0.1, -0.05) is 80.4 Å². The van der Waals surface area contributed by atoms with Crippen molar-refractivity contribution in [3.05, 3.63) is 95.1 Å². The minimum Gasteiger partial charge on any atom is -0.506 e. The molecule has 222 valence electrons. The van der Waals surface area contributed by atoms with Crippen LogP contribution in [-0.4, -0.2) is 42.9 Å². The normalized spacial score (nSPS) is 13.4. The molecule has 0 aromatic heterocycles. The third-order valence-electron chi connectivity index (χ3n) is 6.86. The van der Waals surface area contributed by atoms with Gasteiger partial charge in [0, 0.05) is 12.1 Å².